The number of carbonyl (C=O) groups excluding carboxylic acids is 1. The smallest absolute Gasteiger partial charge is 0.271 e. The van der Waals surface area contributed by atoms with Gasteiger partial charge in [0.1, 0.15) is 9.23 Å². The SMILES string of the molecule is CCN1C(=O)/C(=C2/Oc3ccc4ccccc4c3N2C)SC1=S. The van der Waals surface area contributed by atoms with Gasteiger partial charge in [-0.05, 0) is 30.1 Å². The zero-order chi connectivity index (χ0) is 16.1. The van der Waals surface area contributed by atoms with Crippen molar-refractivity contribution in [3.05, 3.63) is 47.2 Å². The van der Waals surface area contributed by atoms with Crippen LogP contribution in [0.3, 0.4) is 0 Å². The number of nitrogens with zero attached hydrogens (tertiary/aromatic N) is 2. The molecular weight excluding hydrogens is 328 g/mol. The molecule has 0 bridgehead atoms. The lowest BCUT2D eigenvalue weighted by Gasteiger charge is -2.14. The first-order valence-corrected chi connectivity index (χ1v) is 8.55. The van der Waals surface area contributed by atoms with Crippen molar-refractivity contribution in [1.29, 1.82) is 0 Å². The second-order valence-electron chi connectivity index (χ2n) is 5.35. The van der Waals surface area contributed by atoms with Crippen LogP contribution >= 0.6 is 24.0 Å². The number of fused-ring (bicyclic) bond motifs is 3. The molecule has 0 N–H and O–H groups in total. The highest BCUT2D eigenvalue weighted by Crippen LogP contribution is 2.46. The van der Waals surface area contributed by atoms with Gasteiger partial charge in [0, 0.05) is 19.0 Å². The Morgan fingerprint density at radius 1 is 1.22 bits per heavy atom. The van der Waals surface area contributed by atoms with Gasteiger partial charge in [0.25, 0.3) is 5.91 Å². The molecule has 0 atom stereocenters. The highest BCUT2D eigenvalue weighted by atomic mass is 32.2. The van der Waals surface area contributed by atoms with Gasteiger partial charge in [-0.15, -0.1) is 0 Å². The van der Waals surface area contributed by atoms with Crippen molar-refractivity contribution in [2.75, 3.05) is 18.5 Å². The third-order valence-electron chi connectivity index (χ3n) is 4.07. The molecule has 2 aromatic rings. The lowest BCUT2D eigenvalue weighted by molar-refractivity contribution is -0.122. The number of hydrogen-bond acceptors (Lipinski definition) is 5. The molecule has 2 aliphatic heterocycles. The summed E-state index contributed by atoms with van der Waals surface area (Å²) in [7, 11) is 1.92. The Morgan fingerprint density at radius 3 is 2.74 bits per heavy atom. The Balaban J connectivity index is 1.86. The van der Waals surface area contributed by atoms with E-state index in [1.165, 1.54) is 11.8 Å². The molecule has 0 radical (unpaired) electrons. The minimum Gasteiger partial charge on any atom is -0.437 e. The molecule has 0 unspecified atom stereocenters. The number of rotatable bonds is 1. The fraction of sp³-hybridized carbons (Fsp3) is 0.176. The maximum absolute atomic E-state index is 12.5. The second-order valence-corrected chi connectivity index (χ2v) is 6.99. The van der Waals surface area contributed by atoms with Gasteiger partial charge in [0.05, 0.1) is 5.69 Å². The summed E-state index contributed by atoms with van der Waals surface area (Å²) in [5.41, 5.74) is 0.986. The standard InChI is InChI=1S/C17H14N2O2S2/c1-3-19-15(20)14(23-17(19)22)16-18(2)13-11-7-5-4-6-10(11)8-9-12(13)21-16/h4-9H,3H2,1-2H3/b16-14-. The normalized spacial score (nSPS) is 20.4. The number of hydrogen-bond donors (Lipinski definition) is 0. The average Bonchev–Trinajstić information content (AvgIpc) is 3.04. The van der Waals surface area contributed by atoms with E-state index < -0.39 is 0 Å². The van der Waals surface area contributed by atoms with E-state index >= 15 is 0 Å². The number of likely N-dealkylation sites (N-methyl/N-ethyl adjacent to an activating group) is 1. The van der Waals surface area contributed by atoms with Gasteiger partial charge in [0.15, 0.2) is 5.75 Å². The molecule has 4 rings (SSSR count). The van der Waals surface area contributed by atoms with Gasteiger partial charge >= 0.3 is 0 Å². The quantitative estimate of drug-likeness (QED) is 0.583. The largest absolute Gasteiger partial charge is 0.437 e. The van der Waals surface area contributed by atoms with E-state index in [2.05, 4.69) is 12.1 Å². The van der Waals surface area contributed by atoms with Crippen molar-refractivity contribution < 1.29 is 9.53 Å². The highest BCUT2D eigenvalue weighted by Gasteiger charge is 2.38. The molecular formula is C17H14N2O2S2. The first-order valence-electron chi connectivity index (χ1n) is 7.33. The predicted octanol–water partition coefficient (Wildman–Crippen LogP) is 3.72. The van der Waals surface area contributed by atoms with E-state index in [1.807, 2.05) is 43.1 Å². The van der Waals surface area contributed by atoms with Crippen LogP contribution in [0.2, 0.25) is 0 Å². The van der Waals surface area contributed by atoms with Gasteiger partial charge in [-0.2, -0.15) is 0 Å². The number of thioether (sulfide) groups is 1. The van der Waals surface area contributed by atoms with Gasteiger partial charge in [-0.1, -0.05) is 42.5 Å². The average molecular weight is 342 g/mol. The zero-order valence-corrected chi connectivity index (χ0v) is 14.3. The van der Waals surface area contributed by atoms with Crippen molar-refractivity contribution in [2.24, 2.45) is 0 Å². The van der Waals surface area contributed by atoms with Crippen LogP contribution < -0.4 is 9.64 Å². The van der Waals surface area contributed by atoms with E-state index in [4.69, 9.17) is 17.0 Å². The van der Waals surface area contributed by atoms with E-state index in [-0.39, 0.29) is 5.91 Å². The van der Waals surface area contributed by atoms with Gasteiger partial charge in [-0.25, -0.2) is 0 Å². The molecule has 23 heavy (non-hydrogen) atoms. The molecule has 1 saturated heterocycles. The molecule has 0 aliphatic carbocycles. The van der Waals surface area contributed by atoms with E-state index in [1.54, 1.807) is 4.90 Å². The zero-order valence-electron chi connectivity index (χ0n) is 12.7. The molecule has 4 nitrogen and oxygen atoms in total. The summed E-state index contributed by atoms with van der Waals surface area (Å²) in [6, 6.07) is 12.1. The first kappa shape index (κ1) is 14.5. The lowest BCUT2D eigenvalue weighted by Crippen LogP contribution is -2.28. The summed E-state index contributed by atoms with van der Waals surface area (Å²) in [5, 5.41) is 2.25. The molecule has 6 heteroatoms. The molecule has 0 spiro atoms. The molecule has 0 saturated carbocycles. The molecule has 1 fully saturated rings. The minimum atomic E-state index is -0.0820. The van der Waals surface area contributed by atoms with Gasteiger partial charge in [-0.3, -0.25) is 9.69 Å². The number of thiocarbonyl (C=S) groups is 1. The summed E-state index contributed by atoms with van der Waals surface area (Å²) < 4.78 is 6.58. The lowest BCUT2D eigenvalue weighted by atomic mass is 10.1. The van der Waals surface area contributed by atoms with Crippen molar-refractivity contribution in [3.8, 4) is 5.75 Å². The number of ether oxygens (including phenoxy) is 1. The van der Waals surface area contributed by atoms with Crippen molar-refractivity contribution in [1.82, 2.24) is 4.90 Å². The summed E-state index contributed by atoms with van der Waals surface area (Å²) in [6.07, 6.45) is 0. The monoisotopic (exact) mass is 342 g/mol. The summed E-state index contributed by atoms with van der Waals surface area (Å²) in [5.74, 6) is 1.24. The summed E-state index contributed by atoms with van der Waals surface area (Å²) in [4.78, 5) is 16.6. The van der Waals surface area contributed by atoms with Crippen LogP contribution in [0, 0.1) is 0 Å². The highest BCUT2D eigenvalue weighted by molar-refractivity contribution is 8.26. The Bertz CT molecular complexity index is 891. The number of carbonyl (C=O) groups is 1. The third kappa shape index (κ3) is 2.05. The Kier molecular flexibility index (Phi) is 3.32. The Hall–Kier alpha value is -2.05. The van der Waals surface area contributed by atoms with Crippen molar-refractivity contribution in [3.63, 3.8) is 0 Å². The molecule has 2 heterocycles. The van der Waals surface area contributed by atoms with Crippen LogP contribution in [0.5, 0.6) is 5.75 Å². The molecule has 2 aromatic carbocycles. The minimum absolute atomic E-state index is 0.0820. The van der Waals surface area contributed by atoms with Crippen molar-refractivity contribution >= 4 is 50.7 Å². The Morgan fingerprint density at radius 2 is 2.00 bits per heavy atom. The number of anilines is 1. The van der Waals surface area contributed by atoms with E-state index in [0.717, 1.165) is 22.2 Å². The maximum Gasteiger partial charge on any atom is 0.271 e. The van der Waals surface area contributed by atoms with Crippen LogP contribution in [0.25, 0.3) is 10.8 Å². The van der Waals surface area contributed by atoms with E-state index in [9.17, 15) is 4.79 Å². The first-order chi connectivity index (χ1) is 11.1. The number of benzene rings is 2. The van der Waals surface area contributed by atoms with Crippen LogP contribution in [-0.2, 0) is 4.79 Å². The van der Waals surface area contributed by atoms with Crippen LogP contribution in [0.4, 0.5) is 5.69 Å². The summed E-state index contributed by atoms with van der Waals surface area (Å²) >= 11 is 6.60. The van der Waals surface area contributed by atoms with Crippen LogP contribution in [0.1, 0.15) is 6.92 Å². The second kappa shape index (κ2) is 5.25. The van der Waals surface area contributed by atoms with Crippen LogP contribution in [0.15, 0.2) is 47.2 Å². The maximum atomic E-state index is 12.5. The Labute approximate surface area is 143 Å². The predicted molar refractivity (Wildman–Crippen MR) is 97.6 cm³/mol. The topological polar surface area (TPSA) is 32.8 Å². The molecule has 1 amide bonds. The fourth-order valence-electron chi connectivity index (χ4n) is 2.94. The fourth-order valence-corrected chi connectivity index (χ4v) is 4.36. The van der Waals surface area contributed by atoms with Gasteiger partial charge in [0.2, 0.25) is 5.88 Å². The molecule has 116 valence electrons. The van der Waals surface area contributed by atoms with Gasteiger partial charge < -0.3 is 9.64 Å². The molecule has 2 aliphatic rings. The molecule has 0 aromatic heterocycles. The van der Waals surface area contributed by atoms with Crippen molar-refractivity contribution in [2.45, 2.75) is 6.92 Å². The third-order valence-corrected chi connectivity index (χ3v) is 5.49. The summed E-state index contributed by atoms with van der Waals surface area (Å²) in [6.45, 7) is 2.49. The van der Waals surface area contributed by atoms with E-state index in [0.29, 0.717) is 21.7 Å². The number of amides is 1. The van der Waals surface area contributed by atoms with Crippen LogP contribution in [-0.4, -0.2) is 28.7 Å².